The maximum Gasteiger partial charge on any atom is 0.307 e. The van der Waals surface area contributed by atoms with Gasteiger partial charge in [0.05, 0.1) is 5.92 Å². The second-order valence-corrected chi connectivity index (χ2v) is 6.14. The molecule has 1 aromatic rings. The fourth-order valence-electron chi connectivity index (χ4n) is 2.66. The summed E-state index contributed by atoms with van der Waals surface area (Å²) in [6.07, 6.45) is 3.27. The van der Waals surface area contributed by atoms with Crippen molar-refractivity contribution >= 4 is 21.9 Å². The van der Waals surface area contributed by atoms with Crippen LogP contribution in [0.15, 0.2) is 22.7 Å². The van der Waals surface area contributed by atoms with E-state index in [1.54, 1.807) is 0 Å². The summed E-state index contributed by atoms with van der Waals surface area (Å²) in [7, 11) is 0. The van der Waals surface area contributed by atoms with Gasteiger partial charge in [0.2, 0.25) is 0 Å². The van der Waals surface area contributed by atoms with Gasteiger partial charge in [-0.15, -0.1) is 0 Å². The molecular weight excluding hydrogens is 294 g/mol. The van der Waals surface area contributed by atoms with Gasteiger partial charge in [0.1, 0.15) is 0 Å². The molecule has 2 atom stereocenters. The predicted molar refractivity (Wildman–Crippen MR) is 72.6 cm³/mol. The quantitative estimate of drug-likeness (QED) is 0.902. The minimum atomic E-state index is -0.696. The smallest absolute Gasteiger partial charge is 0.307 e. The van der Waals surface area contributed by atoms with Gasteiger partial charge in [0.25, 0.3) is 0 Å². The average molecular weight is 310 g/mol. The van der Waals surface area contributed by atoms with E-state index in [-0.39, 0.29) is 12.0 Å². The molecular formula is C14H16BrNO2. The van der Waals surface area contributed by atoms with Crippen molar-refractivity contribution in [3.63, 3.8) is 0 Å². The van der Waals surface area contributed by atoms with Gasteiger partial charge >= 0.3 is 5.97 Å². The molecule has 0 radical (unpaired) electrons. The molecule has 1 heterocycles. The summed E-state index contributed by atoms with van der Waals surface area (Å²) < 4.78 is 1.17. The first kappa shape index (κ1) is 12.2. The molecule has 0 spiro atoms. The molecule has 0 aromatic heterocycles. The van der Waals surface area contributed by atoms with Crippen molar-refractivity contribution in [2.45, 2.75) is 31.2 Å². The van der Waals surface area contributed by atoms with Crippen LogP contribution in [-0.2, 0) is 4.79 Å². The van der Waals surface area contributed by atoms with E-state index in [1.165, 1.54) is 28.4 Å². The summed E-state index contributed by atoms with van der Waals surface area (Å²) in [5.74, 6) is -0.215. The Morgan fingerprint density at radius 3 is 2.72 bits per heavy atom. The van der Waals surface area contributed by atoms with E-state index in [1.807, 2.05) is 0 Å². The highest BCUT2D eigenvalue weighted by atomic mass is 79.9. The molecule has 0 bridgehead atoms. The molecule has 18 heavy (non-hydrogen) atoms. The van der Waals surface area contributed by atoms with Crippen molar-refractivity contribution in [1.82, 2.24) is 5.32 Å². The van der Waals surface area contributed by atoms with Crippen LogP contribution in [0, 0.1) is 5.92 Å². The van der Waals surface area contributed by atoms with E-state index < -0.39 is 5.97 Å². The molecule has 2 unspecified atom stereocenters. The Morgan fingerprint density at radius 2 is 2.17 bits per heavy atom. The fraction of sp³-hybridized carbons (Fsp3) is 0.500. The van der Waals surface area contributed by atoms with Gasteiger partial charge in [-0.25, -0.2) is 0 Å². The maximum absolute atomic E-state index is 10.9. The van der Waals surface area contributed by atoms with Gasteiger partial charge in [-0.2, -0.15) is 0 Å². The highest BCUT2D eigenvalue weighted by molar-refractivity contribution is 9.10. The SMILES string of the molecule is O=C(O)C1CNC(c2ccc(C3CC3)c(Br)c2)C1. The normalized spacial score (nSPS) is 27.4. The van der Waals surface area contributed by atoms with Gasteiger partial charge in [0, 0.05) is 17.1 Å². The molecule has 1 aliphatic heterocycles. The highest BCUT2D eigenvalue weighted by Gasteiger charge is 2.31. The number of aliphatic carboxylic acids is 1. The number of rotatable bonds is 3. The first-order chi connectivity index (χ1) is 8.65. The lowest BCUT2D eigenvalue weighted by molar-refractivity contribution is -0.141. The van der Waals surface area contributed by atoms with Crippen LogP contribution >= 0.6 is 15.9 Å². The molecule has 2 aliphatic rings. The molecule has 0 amide bonds. The number of hydrogen-bond donors (Lipinski definition) is 2. The lowest BCUT2D eigenvalue weighted by Gasteiger charge is -2.13. The summed E-state index contributed by atoms with van der Waals surface area (Å²) in [6, 6.07) is 6.65. The minimum absolute atomic E-state index is 0.177. The first-order valence-corrected chi connectivity index (χ1v) is 7.20. The van der Waals surface area contributed by atoms with Crippen LogP contribution in [0.5, 0.6) is 0 Å². The van der Waals surface area contributed by atoms with Gasteiger partial charge in [-0.05, 0) is 42.4 Å². The number of carboxylic acid groups (broad SMARTS) is 1. The molecule has 1 saturated heterocycles. The second-order valence-electron chi connectivity index (χ2n) is 5.29. The Bertz CT molecular complexity index is 485. The maximum atomic E-state index is 10.9. The third-order valence-electron chi connectivity index (χ3n) is 3.92. The fourth-order valence-corrected chi connectivity index (χ4v) is 3.38. The van der Waals surface area contributed by atoms with Crippen molar-refractivity contribution in [3.05, 3.63) is 33.8 Å². The zero-order valence-corrected chi connectivity index (χ0v) is 11.6. The van der Waals surface area contributed by atoms with Crippen LogP contribution in [0.4, 0.5) is 0 Å². The third-order valence-corrected chi connectivity index (χ3v) is 4.61. The molecule has 1 aliphatic carbocycles. The minimum Gasteiger partial charge on any atom is -0.481 e. The summed E-state index contributed by atoms with van der Waals surface area (Å²) >= 11 is 3.63. The summed E-state index contributed by atoms with van der Waals surface area (Å²) in [6.45, 7) is 0.571. The van der Waals surface area contributed by atoms with E-state index in [0.29, 0.717) is 13.0 Å². The van der Waals surface area contributed by atoms with Crippen LogP contribution in [0.25, 0.3) is 0 Å². The van der Waals surface area contributed by atoms with E-state index in [4.69, 9.17) is 5.11 Å². The van der Waals surface area contributed by atoms with Gasteiger partial charge in [0.15, 0.2) is 0 Å². The van der Waals surface area contributed by atoms with Crippen LogP contribution < -0.4 is 5.32 Å². The van der Waals surface area contributed by atoms with Crippen LogP contribution in [0.2, 0.25) is 0 Å². The second kappa shape index (κ2) is 4.67. The Morgan fingerprint density at radius 1 is 1.39 bits per heavy atom. The van der Waals surface area contributed by atoms with Gasteiger partial charge in [-0.1, -0.05) is 28.1 Å². The van der Waals surface area contributed by atoms with Crippen molar-refractivity contribution < 1.29 is 9.90 Å². The lowest BCUT2D eigenvalue weighted by Crippen LogP contribution is -2.17. The zero-order valence-electron chi connectivity index (χ0n) is 10.0. The van der Waals surface area contributed by atoms with Gasteiger partial charge in [-0.3, -0.25) is 4.79 Å². The number of nitrogens with one attached hydrogen (secondary N) is 1. The number of benzene rings is 1. The van der Waals surface area contributed by atoms with Crippen molar-refractivity contribution in [3.8, 4) is 0 Å². The molecule has 1 saturated carbocycles. The predicted octanol–water partition coefficient (Wildman–Crippen LogP) is 3.06. The summed E-state index contributed by atoms with van der Waals surface area (Å²) in [5.41, 5.74) is 2.58. The zero-order chi connectivity index (χ0) is 12.7. The number of hydrogen-bond acceptors (Lipinski definition) is 2. The molecule has 3 rings (SSSR count). The highest BCUT2D eigenvalue weighted by Crippen LogP contribution is 2.44. The number of carbonyl (C=O) groups is 1. The van der Waals surface area contributed by atoms with Crippen LogP contribution in [0.3, 0.4) is 0 Å². The van der Waals surface area contributed by atoms with Crippen molar-refractivity contribution in [1.29, 1.82) is 0 Å². The summed E-state index contributed by atoms with van der Waals surface area (Å²) in [5, 5.41) is 12.3. The third kappa shape index (κ3) is 2.31. The van der Waals surface area contributed by atoms with Crippen molar-refractivity contribution in [2.75, 3.05) is 6.54 Å². The topological polar surface area (TPSA) is 49.3 Å². The standard InChI is InChI=1S/C14H16BrNO2/c15-12-5-9(3-4-11(12)8-1-2-8)13-6-10(7-16-13)14(17)18/h3-5,8,10,13,16H,1-2,6-7H2,(H,17,18). The molecule has 2 fully saturated rings. The van der Waals surface area contributed by atoms with Crippen molar-refractivity contribution in [2.24, 2.45) is 5.92 Å². The largest absolute Gasteiger partial charge is 0.481 e. The monoisotopic (exact) mass is 309 g/mol. The Kier molecular flexibility index (Phi) is 3.16. The number of carboxylic acids is 1. The van der Waals surface area contributed by atoms with E-state index in [9.17, 15) is 4.79 Å². The molecule has 2 N–H and O–H groups in total. The summed E-state index contributed by atoms with van der Waals surface area (Å²) in [4.78, 5) is 10.9. The Balaban J connectivity index is 1.77. The van der Waals surface area contributed by atoms with E-state index in [2.05, 4.69) is 39.4 Å². The molecule has 1 aromatic carbocycles. The van der Waals surface area contributed by atoms with E-state index >= 15 is 0 Å². The lowest BCUT2D eigenvalue weighted by atomic mass is 9.98. The molecule has 4 heteroatoms. The average Bonchev–Trinajstić information content (AvgIpc) is 3.05. The first-order valence-electron chi connectivity index (χ1n) is 6.40. The molecule has 3 nitrogen and oxygen atoms in total. The molecule has 96 valence electrons. The van der Waals surface area contributed by atoms with Crippen LogP contribution in [-0.4, -0.2) is 17.6 Å². The Labute approximate surface area is 115 Å². The van der Waals surface area contributed by atoms with Gasteiger partial charge < -0.3 is 10.4 Å². The van der Waals surface area contributed by atoms with E-state index in [0.717, 1.165) is 5.92 Å². The van der Waals surface area contributed by atoms with Crippen LogP contribution in [0.1, 0.15) is 42.3 Å². The number of halogens is 1. The Hall–Kier alpha value is -0.870.